The van der Waals surface area contributed by atoms with Crippen LogP contribution >= 0.6 is 0 Å². The number of hydrogen-bond acceptors (Lipinski definition) is 6. The molecule has 0 aliphatic carbocycles. The quantitative estimate of drug-likeness (QED) is 0.346. The molecule has 164 valence electrons. The molecule has 1 heterocycles. The van der Waals surface area contributed by atoms with Gasteiger partial charge in [0.05, 0.1) is 36.0 Å². The van der Waals surface area contributed by atoms with Gasteiger partial charge >= 0.3 is 0 Å². The Hall–Kier alpha value is -3.38. The van der Waals surface area contributed by atoms with Crippen LogP contribution < -0.4 is 4.90 Å². The van der Waals surface area contributed by atoms with Gasteiger partial charge in [0.25, 0.3) is 0 Å². The number of morpholine rings is 1. The van der Waals surface area contributed by atoms with E-state index < -0.39 is 0 Å². The predicted molar refractivity (Wildman–Crippen MR) is 129 cm³/mol. The van der Waals surface area contributed by atoms with Crippen LogP contribution in [0, 0.1) is 0 Å². The van der Waals surface area contributed by atoms with Gasteiger partial charge in [0.2, 0.25) is 0 Å². The molecule has 0 aromatic heterocycles. The average molecular weight is 428 g/mol. The first-order valence-corrected chi connectivity index (χ1v) is 11.3. The molecule has 1 aliphatic rings. The third-order valence-corrected chi connectivity index (χ3v) is 5.39. The van der Waals surface area contributed by atoms with Crippen LogP contribution in [0.5, 0.6) is 0 Å². The largest absolute Gasteiger partial charge is 0.378 e. The van der Waals surface area contributed by atoms with Crippen molar-refractivity contribution in [2.75, 3.05) is 31.2 Å². The van der Waals surface area contributed by atoms with E-state index in [0.29, 0.717) is 0 Å². The van der Waals surface area contributed by atoms with E-state index in [1.54, 1.807) is 0 Å². The van der Waals surface area contributed by atoms with Gasteiger partial charge < -0.3 is 9.64 Å². The zero-order valence-electron chi connectivity index (χ0n) is 18.5. The number of benzene rings is 3. The van der Waals surface area contributed by atoms with Gasteiger partial charge in [-0.25, -0.2) is 0 Å². The Morgan fingerprint density at radius 3 is 1.56 bits per heavy atom. The van der Waals surface area contributed by atoms with Crippen LogP contribution in [0.3, 0.4) is 0 Å². The molecule has 6 heteroatoms. The smallest absolute Gasteiger partial charge is 0.0858 e. The molecule has 6 nitrogen and oxygen atoms in total. The van der Waals surface area contributed by atoms with E-state index >= 15 is 0 Å². The van der Waals surface area contributed by atoms with Crippen LogP contribution in [0.1, 0.15) is 25.3 Å². The second-order valence-electron chi connectivity index (χ2n) is 7.80. The van der Waals surface area contributed by atoms with Crippen molar-refractivity contribution in [1.29, 1.82) is 0 Å². The van der Waals surface area contributed by atoms with Crippen LogP contribution in [-0.4, -0.2) is 26.3 Å². The molecule has 4 rings (SSSR count). The van der Waals surface area contributed by atoms with Gasteiger partial charge in [0.1, 0.15) is 0 Å². The summed E-state index contributed by atoms with van der Waals surface area (Å²) in [5, 5.41) is 17.3. The molecule has 0 spiro atoms. The van der Waals surface area contributed by atoms with E-state index in [1.807, 2.05) is 48.5 Å². The molecule has 3 aromatic rings. The number of anilines is 1. The molecule has 0 bridgehead atoms. The standard InChI is InChI=1S/C26H29N5O/c1-2-3-4-21-5-7-22(8-6-21)27-28-23-9-11-24(12-10-23)29-30-25-13-15-26(16-14-25)31-17-19-32-20-18-31/h5-16H,2-4,17-20H2,1H3. The molecule has 0 radical (unpaired) electrons. The number of unbranched alkanes of at least 4 members (excludes halogenated alkanes) is 1. The predicted octanol–water partition coefficient (Wildman–Crippen LogP) is 7.70. The minimum absolute atomic E-state index is 0.779. The monoisotopic (exact) mass is 427 g/mol. The number of aryl methyl sites for hydroxylation is 1. The van der Waals surface area contributed by atoms with Crippen molar-refractivity contribution >= 4 is 28.4 Å². The van der Waals surface area contributed by atoms with E-state index in [-0.39, 0.29) is 0 Å². The second-order valence-corrected chi connectivity index (χ2v) is 7.80. The molecular weight excluding hydrogens is 398 g/mol. The Bertz CT molecular complexity index is 1020. The van der Waals surface area contributed by atoms with Crippen LogP contribution in [0.25, 0.3) is 0 Å². The van der Waals surface area contributed by atoms with Gasteiger partial charge in [0.15, 0.2) is 0 Å². The van der Waals surface area contributed by atoms with Gasteiger partial charge in [0, 0.05) is 18.8 Å². The first kappa shape index (κ1) is 21.8. The lowest BCUT2D eigenvalue weighted by molar-refractivity contribution is 0.122. The zero-order valence-corrected chi connectivity index (χ0v) is 18.5. The summed E-state index contributed by atoms with van der Waals surface area (Å²) in [4.78, 5) is 2.32. The van der Waals surface area contributed by atoms with Crippen LogP contribution in [-0.2, 0) is 11.2 Å². The number of rotatable bonds is 8. The van der Waals surface area contributed by atoms with Crippen molar-refractivity contribution in [3.05, 3.63) is 78.4 Å². The van der Waals surface area contributed by atoms with E-state index in [2.05, 4.69) is 56.5 Å². The van der Waals surface area contributed by atoms with Crippen molar-refractivity contribution in [2.24, 2.45) is 20.5 Å². The summed E-state index contributed by atoms with van der Waals surface area (Å²) in [6.07, 6.45) is 3.53. The molecule has 32 heavy (non-hydrogen) atoms. The summed E-state index contributed by atoms with van der Waals surface area (Å²) in [5.41, 5.74) is 5.78. The first-order chi connectivity index (χ1) is 15.8. The molecule has 3 aromatic carbocycles. The van der Waals surface area contributed by atoms with Crippen LogP contribution in [0.4, 0.5) is 28.4 Å². The highest BCUT2D eigenvalue weighted by Gasteiger charge is 2.10. The Balaban J connectivity index is 1.32. The fourth-order valence-electron chi connectivity index (χ4n) is 3.48. The normalized spacial score (nSPS) is 14.5. The average Bonchev–Trinajstić information content (AvgIpc) is 2.87. The molecule has 1 saturated heterocycles. The van der Waals surface area contributed by atoms with Gasteiger partial charge in [-0.1, -0.05) is 25.5 Å². The Kier molecular flexibility index (Phi) is 7.71. The lowest BCUT2D eigenvalue weighted by Gasteiger charge is -2.28. The maximum Gasteiger partial charge on any atom is 0.0858 e. The Labute approximate surface area is 189 Å². The summed E-state index contributed by atoms with van der Waals surface area (Å²) in [6, 6.07) is 24.0. The van der Waals surface area contributed by atoms with Crippen LogP contribution in [0.15, 0.2) is 93.3 Å². The first-order valence-electron chi connectivity index (χ1n) is 11.3. The van der Waals surface area contributed by atoms with E-state index in [4.69, 9.17) is 4.74 Å². The Morgan fingerprint density at radius 2 is 1.09 bits per heavy atom. The van der Waals surface area contributed by atoms with E-state index in [0.717, 1.165) is 55.5 Å². The van der Waals surface area contributed by atoms with E-state index in [9.17, 15) is 0 Å². The lowest BCUT2D eigenvalue weighted by Crippen LogP contribution is -2.36. The van der Waals surface area contributed by atoms with E-state index in [1.165, 1.54) is 24.1 Å². The summed E-state index contributed by atoms with van der Waals surface area (Å²) in [6.45, 7) is 5.62. The topological polar surface area (TPSA) is 61.9 Å². The Morgan fingerprint density at radius 1 is 0.656 bits per heavy atom. The summed E-state index contributed by atoms with van der Waals surface area (Å²) < 4.78 is 5.41. The van der Waals surface area contributed by atoms with Crippen molar-refractivity contribution in [1.82, 2.24) is 0 Å². The SMILES string of the molecule is CCCCc1ccc(N=Nc2ccc(N=Nc3ccc(N4CCOCC4)cc3)cc2)cc1. The van der Waals surface area contributed by atoms with Crippen molar-refractivity contribution < 1.29 is 4.74 Å². The number of ether oxygens (including phenoxy) is 1. The molecule has 1 aliphatic heterocycles. The van der Waals surface area contributed by atoms with Gasteiger partial charge in [-0.2, -0.15) is 20.5 Å². The van der Waals surface area contributed by atoms with Crippen molar-refractivity contribution in [3.63, 3.8) is 0 Å². The minimum Gasteiger partial charge on any atom is -0.378 e. The lowest BCUT2D eigenvalue weighted by atomic mass is 10.1. The van der Waals surface area contributed by atoms with Crippen molar-refractivity contribution in [2.45, 2.75) is 26.2 Å². The molecule has 0 amide bonds. The third kappa shape index (κ3) is 6.31. The fraction of sp³-hybridized carbons (Fsp3) is 0.308. The summed E-state index contributed by atoms with van der Waals surface area (Å²) in [5.74, 6) is 0. The third-order valence-electron chi connectivity index (χ3n) is 5.39. The van der Waals surface area contributed by atoms with Gasteiger partial charge in [-0.15, -0.1) is 0 Å². The zero-order chi connectivity index (χ0) is 22.0. The number of nitrogens with zero attached hydrogens (tertiary/aromatic N) is 5. The highest BCUT2D eigenvalue weighted by atomic mass is 16.5. The molecule has 0 atom stereocenters. The summed E-state index contributed by atoms with van der Waals surface area (Å²) in [7, 11) is 0. The maximum absolute atomic E-state index is 5.41. The molecule has 1 fully saturated rings. The van der Waals surface area contributed by atoms with Crippen molar-refractivity contribution in [3.8, 4) is 0 Å². The second kappa shape index (κ2) is 11.3. The molecule has 0 saturated carbocycles. The molecule has 0 N–H and O–H groups in total. The highest BCUT2D eigenvalue weighted by molar-refractivity contribution is 5.53. The molecular formula is C26H29N5O. The minimum atomic E-state index is 0.779. The number of hydrogen-bond donors (Lipinski definition) is 0. The highest BCUT2D eigenvalue weighted by Crippen LogP contribution is 2.25. The number of azo groups is 2. The fourth-order valence-corrected chi connectivity index (χ4v) is 3.48. The van der Waals surface area contributed by atoms with Crippen LogP contribution in [0.2, 0.25) is 0 Å². The van der Waals surface area contributed by atoms with Gasteiger partial charge in [-0.05, 0) is 79.1 Å². The summed E-state index contributed by atoms with van der Waals surface area (Å²) >= 11 is 0. The molecule has 0 unspecified atom stereocenters. The van der Waals surface area contributed by atoms with Gasteiger partial charge in [-0.3, -0.25) is 0 Å². The maximum atomic E-state index is 5.41.